The Morgan fingerprint density at radius 1 is 1.00 bits per heavy atom. The maximum atomic E-state index is 12.5. The molecule has 0 atom stereocenters. The maximum absolute atomic E-state index is 12.5. The van der Waals surface area contributed by atoms with Crippen LogP contribution in [0.4, 0.5) is 11.4 Å². The van der Waals surface area contributed by atoms with Crippen molar-refractivity contribution in [2.75, 3.05) is 36.4 Å². The molecule has 0 bridgehead atoms. The van der Waals surface area contributed by atoms with Gasteiger partial charge >= 0.3 is 5.69 Å². The molecule has 2 aromatic carbocycles. The third-order valence-electron chi connectivity index (χ3n) is 6.45. The second-order valence-corrected chi connectivity index (χ2v) is 8.57. The summed E-state index contributed by atoms with van der Waals surface area (Å²) in [5, 5.41) is 2.95. The summed E-state index contributed by atoms with van der Waals surface area (Å²) in [6.45, 7) is 2.60. The van der Waals surface area contributed by atoms with Gasteiger partial charge in [0, 0.05) is 43.5 Å². The van der Waals surface area contributed by atoms with Crippen molar-refractivity contribution in [2.24, 2.45) is 0 Å². The first kappa shape index (κ1) is 20.5. The summed E-state index contributed by atoms with van der Waals surface area (Å²) < 4.78 is 1.86. The molecule has 2 amide bonds. The van der Waals surface area contributed by atoms with Gasteiger partial charge in [0.25, 0.3) is 0 Å². The van der Waals surface area contributed by atoms with Gasteiger partial charge in [-0.25, -0.2) is 4.79 Å². The summed E-state index contributed by atoms with van der Waals surface area (Å²) in [7, 11) is 0. The molecule has 1 aromatic heterocycles. The largest absolute Gasteiger partial charge is 0.326 e. The van der Waals surface area contributed by atoms with E-state index in [1.165, 1.54) is 0 Å². The number of benzene rings is 2. The molecule has 166 valence electrons. The number of imidazole rings is 1. The normalized spacial score (nSPS) is 17.9. The van der Waals surface area contributed by atoms with Crippen LogP contribution in [-0.4, -0.2) is 52.4 Å². The fraction of sp³-hybridized carbons (Fsp3) is 0.375. The molecule has 8 heteroatoms. The molecule has 5 rings (SSSR count). The molecule has 0 unspecified atom stereocenters. The van der Waals surface area contributed by atoms with Crippen LogP contribution in [0.3, 0.4) is 0 Å². The van der Waals surface area contributed by atoms with E-state index in [4.69, 9.17) is 0 Å². The number of nitrogens with one attached hydrogen (secondary N) is 2. The van der Waals surface area contributed by atoms with E-state index < -0.39 is 0 Å². The lowest BCUT2D eigenvalue weighted by molar-refractivity contribution is -0.118. The van der Waals surface area contributed by atoms with Crippen molar-refractivity contribution in [3.8, 4) is 0 Å². The number of aromatic nitrogens is 2. The summed E-state index contributed by atoms with van der Waals surface area (Å²) in [4.78, 5) is 43.7. The van der Waals surface area contributed by atoms with Crippen LogP contribution >= 0.6 is 0 Å². The molecule has 0 saturated carbocycles. The second kappa shape index (κ2) is 8.63. The van der Waals surface area contributed by atoms with Crippen molar-refractivity contribution in [3.63, 3.8) is 0 Å². The number of H-pyrrole nitrogens is 1. The summed E-state index contributed by atoms with van der Waals surface area (Å²) in [5.41, 5.74) is 3.33. The summed E-state index contributed by atoms with van der Waals surface area (Å²) >= 11 is 0. The van der Waals surface area contributed by atoms with Gasteiger partial charge in [-0.1, -0.05) is 12.1 Å². The number of carbonyl (C=O) groups is 2. The van der Waals surface area contributed by atoms with E-state index in [-0.39, 0.29) is 23.5 Å². The molecule has 2 fully saturated rings. The number of piperidine rings is 1. The number of fused-ring (bicyclic) bond motifs is 1. The number of hydrogen-bond donors (Lipinski definition) is 2. The van der Waals surface area contributed by atoms with Gasteiger partial charge in [0.2, 0.25) is 11.8 Å². The molecule has 2 aliphatic rings. The van der Waals surface area contributed by atoms with E-state index >= 15 is 0 Å². The minimum Gasteiger partial charge on any atom is -0.325 e. The van der Waals surface area contributed by atoms with E-state index in [0.29, 0.717) is 13.0 Å². The average Bonchev–Trinajstić information content (AvgIpc) is 3.37. The highest BCUT2D eigenvalue weighted by atomic mass is 16.2. The second-order valence-electron chi connectivity index (χ2n) is 8.57. The van der Waals surface area contributed by atoms with Crippen LogP contribution in [-0.2, 0) is 9.59 Å². The van der Waals surface area contributed by atoms with Gasteiger partial charge in [0.15, 0.2) is 0 Å². The Kier molecular flexibility index (Phi) is 5.53. The minimum atomic E-state index is -0.0681. The SMILES string of the molecule is O=C(CN1CCC(n2c(=O)[nH]c3ccccc32)CC1)Nc1ccc(N2CCCC2=O)cc1. The summed E-state index contributed by atoms with van der Waals surface area (Å²) in [5.74, 6) is 0.0952. The molecule has 3 heterocycles. The lowest BCUT2D eigenvalue weighted by atomic mass is 10.0. The number of anilines is 2. The molecule has 3 aromatic rings. The van der Waals surface area contributed by atoms with Gasteiger partial charge in [-0.2, -0.15) is 0 Å². The Bertz CT molecular complexity index is 1190. The highest BCUT2D eigenvalue weighted by molar-refractivity contribution is 5.96. The van der Waals surface area contributed by atoms with Gasteiger partial charge in [-0.15, -0.1) is 0 Å². The zero-order chi connectivity index (χ0) is 22.1. The van der Waals surface area contributed by atoms with E-state index in [1.54, 1.807) is 4.90 Å². The third kappa shape index (κ3) is 4.05. The van der Waals surface area contributed by atoms with Crippen molar-refractivity contribution in [1.29, 1.82) is 0 Å². The zero-order valence-electron chi connectivity index (χ0n) is 17.9. The molecule has 2 aliphatic heterocycles. The Morgan fingerprint density at radius 2 is 1.75 bits per heavy atom. The maximum Gasteiger partial charge on any atom is 0.326 e. The third-order valence-corrected chi connectivity index (χ3v) is 6.45. The molecular weight excluding hydrogens is 406 g/mol. The smallest absolute Gasteiger partial charge is 0.325 e. The molecule has 2 N–H and O–H groups in total. The number of nitrogens with zero attached hydrogens (tertiary/aromatic N) is 3. The molecule has 0 aliphatic carbocycles. The first-order valence-corrected chi connectivity index (χ1v) is 11.2. The number of rotatable bonds is 5. The fourth-order valence-corrected chi connectivity index (χ4v) is 4.82. The van der Waals surface area contributed by atoms with Crippen LogP contribution < -0.4 is 15.9 Å². The Hall–Kier alpha value is -3.39. The van der Waals surface area contributed by atoms with Gasteiger partial charge in [0.1, 0.15) is 0 Å². The number of amides is 2. The number of aromatic amines is 1. The number of para-hydroxylation sites is 2. The molecule has 8 nitrogen and oxygen atoms in total. The predicted octanol–water partition coefficient (Wildman–Crippen LogP) is 2.73. The summed E-state index contributed by atoms with van der Waals surface area (Å²) in [6, 6.07) is 15.3. The first-order chi connectivity index (χ1) is 15.6. The van der Waals surface area contributed by atoms with Crippen molar-refractivity contribution in [2.45, 2.75) is 31.7 Å². The van der Waals surface area contributed by atoms with E-state index in [0.717, 1.165) is 61.3 Å². The molecular formula is C24H27N5O3. The van der Waals surface area contributed by atoms with Crippen molar-refractivity contribution in [3.05, 3.63) is 59.0 Å². The highest BCUT2D eigenvalue weighted by Gasteiger charge is 2.25. The highest BCUT2D eigenvalue weighted by Crippen LogP contribution is 2.25. The Balaban J connectivity index is 1.15. The van der Waals surface area contributed by atoms with E-state index in [1.807, 2.05) is 53.1 Å². The van der Waals surface area contributed by atoms with Crippen LogP contribution in [0.2, 0.25) is 0 Å². The molecule has 0 radical (unpaired) electrons. The first-order valence-electron chi connectivity index (χ1n) is 11.2. The van der Waals surface area contributed by atoms with E-state index in [2.05, 4.69) is 15.2 Å². The monoisotopic (exact) mass is 433 g/mol. The topological polar surface area (TPSA) is 90.4 Å². The van der Waals surface area contributed by atoms with Crippen LogP contribution in [0.15, 0.2) is 53.3 Å². The molecule has 0 spiro atoms. The number of carbonyl (C=O) groups excluding carboxylic acids is 2. The lowest BCUT2D eigenvalue weighted by Crippen LogP contribution is -2.41. The molecule has 32 heavy (non-hydrogen) atoms. The summed E-state index contributed by atoms with van der Waals surface area (Å²) in [6.07, 6.45) is 3.15. The number of likely N-dealkylation sites (tertiary alicyclic amines) is 1. The van der Waals surface area contributed by atoms with Crippen molar-refractivity contribution in [1.82, 2.24) is 14.5 Å². The Labute approximate surface area is 185 Å². The van der Waals surface area contributed by atoms with Gasteiger partial charge < -0.3 is 15.2 Å². The quantitative estimate of drug-likeness (QED) is 0.647. The predicted molar refractivity (Wildman–Crippen MR) is 124 cm³/mol. The van der Waals surface area contributed by atoms with Gasteiger partial charge in [-0.3, -0.25) is 19.1 Å². The standard InChI is InChI=1S/C24H27N5O3/c30-22(25-17-7-9-18(10-8-17)28-13-3-6-23(28)31)16-27-14-11-19(12-15-27)29-21-5-2-1-4-20(21)26-24(29)32/h1-2,4-5,7-10,19H,3,6,11-16H2,(H,25,30)(H,26,32). The van der Waals surface area contributed by atoms with Crippen molar-refractivity contribution < 1.29 is 9.59 Å². The van der Waals surface area contributed by atoms with Gasteiger partial charge in [-0.05, 0) is 55.7 Å². The zero-order valence-corrected chi connectivity index (χ0v) is 17.9. The number of hydrogen-bond acceptors (Lipinski definition) is 4. The Morgan fingerprint density at radius 3 is 2.47 bits per heavy atom. The van der Waals surface area contributed by atoms with Crippen molar-refractivity contribution >= 4 is 34.2 Å². The fourth-order valence-electron chi connectivity index (χ4n) is 4.82. The van der Waals surface area contributed by atoms with Gasteiger partial charge in [0.05, 0.1) is 17.6 Å². The lowest BCUT2D eigenvalue weighted by Gasteiger charge is -2.32. The van der Waals surface area contributed by atoms with Crippen LogP contribution in [0, 0.1) is 0 Å². The van der Waals surface area contributed by atoms with Crippen LogP contribution in [0.1, 0.15) is 31.7 Å². The average molecular weight is 434 g/mol. The molecule has 2 saturated heterocycles. The van der Waals surface area contributed by atoms with Crippen LogP contribution in [0.25, 0.3) is 11.0 Å². The van der Waals surface area contributed by atoms with E-state index in [9.17, 15) is 14.4 Å². The minimum absolute atomic E-state index is 0.0577. The van der Waals surface area contributed by atoms with Crippen LogP contribution in [0.5, 0.6) is 0 Å².